The van der Waals surface area contributed by atoms with Crippen molar-refractivity contribution in [2.24, 2.45) is 0 Å². The second-order valence-corrected chi connectivity index (χ2v) is 6.23. The van der Waals surface area contributed by atoms with Gasteiger partial charge in [0.15, 0.2) is 6.10 Å². The molecule has 0 aliphatic carbocycles. The summed E-state index contributed by atoms with van der Waals surface area (Å²) in [7, 11) is 0. The van der Waals surface area contributed by atoms with E-state index in [4.69, 9.17) is 9.47 Å². The van der Waals surface area contributed by atoms with Gasteiger partial charge in [0.25, 0.3) is 5.91 Å². The highest BCUT2D eigenvalue weighted by Gasteiger charge is 2.15. The Labute approximate surface area is 163 Å². The molecule has 0 bridgehead atoms. The van der Waals surface area contributed by atoms with Gasteiger partial charge < -0.3 is 14.8 Å². The molecule has 5 heteroatoms. The van der Waals surface area contributed by atoms with Gasteiger partial charge in [-0.15, -0.1) is 0 Å². The number of amides is 1. The van der Waals surface area contributed by atoms with Crippen LogP contribution >= 0.6 is 0 Å². The molecule has 0 heterocycles. The minimum absolute atomic E-state index is 0.266. The number of carbonyl (C=O) groups excluding carboxylic acids is 2. The summed E-state index contributed by atoms with van der Waals surface area (Å²) < 4.78 is 11.3. The molecule has 3 aromatic rings. The van der Waals surface area contributed by atoms with E-state index < -0.39 is 6.10 Å². The zero-order valence-electron chi connectivity index (χ0n) is 15.5. The fourth-order valence-electron chi connectivity index (χ4n) is 2.50. The monoisotopic (exact) mass is 375 g/mol. The van der Waals surface area contributed by atoms with Gasteiger partial charge in [0.05, 0.1) is 0 Å². The maximum absolute atomic E-state index is 12.3. The van der Waals surface area contributed by atoms with E-state index in [1.165, 1.54) is 0 Å². The number of anilines is 1. The normalized spacial score (nSPS) is 11.3. The van der Waals surface area contributed by atoms with Crippen molar-refractivity contribution in [3.05, 3.63) is 90.0 Å². The van der Waals surface area contributed by atoms with Gasteiger partial charge in [-0.3, -0.25) is 9.59 Å². The lowest BCUT2D eigenvalue weighted by Crippen LogP contribution is -2.30. The van der Waals surface area contributed by atoms with Crippen molar-refractivity contribution in [3.63, 3.8) is 0 Å². The van der Waals surface area contributed by atoms with E-state index >= 15 is 0 Å². The molecular formula is C23H21NO4. The third-order valence-electron chi connectivity index (χ3n) is 4.07. The number of carbonyl (C=O) groups is 2. The summed E-state index contributed by atoms with van der Waals surface area (Å²) in [5, 5.41) is 2.81. The van der Waals surface area contributed by atoms with E-state index in [0.717, 1.165) is 17.6 Å². The molecule has 1 atom stereocenters. The number of nitrogens with one attached hydrogen (secondary N) is 1. The molecule has 0 saturated carbocycles. The molecule has 28 heavy (non-hydrogen) atoms. The van der Waals surface area contributed by atoms with Gasteiger partial charge in [0, 0.05) is 11.3 Å². The molecular weight excluding hydrogens is 354 g/mol. The van der Waals surface area contributed by atoms with Gasteiger partial charge in [0.1, 0.15) is 24.4 Å². The minimum atomic E-state index is -0.684. The predicted molar refractivity (Wildman–Crippen MR) is 108 cm³/mol. The molecule has 0 aliphatic heterocycles. The number of ether oxygens (including phenoxy) is 2. The molecule has 0 fully saturated rings. The quantitative estimate of drug-likeness (QED) is 0.590. The number of aldehydes is 1. The first-order valence-corrected chi connectivity index (χ1v) is 8.93. The van der Waals surface area contributed by atoms with Crippen molar-refractivity contribution in [1.82, 2.24) is 0 Å². The molecule has 142 valence electrons. The Morgan fingerprint density at radius 1 is 0.929 bits per heavy atom. The Morgan fingerprint density at radius 3 is 2.21 bits per heavy atom. The first kappa shape index (κ1) is 19.2. The van der Waals surface area contributed by atoms with E-state index in [-0.39, 0.29) is 5.91 Å². The van der Waals surface area contributed by atoms with Crippen molar-refractivity contribution in [3.8, 4) is 11.5 Å². The summed E-state index contributed by atoms with van der Waals surface area (Å²) >= 11 is 0. The molecule has 1 N–H and O–H groups in total. The largest absolute Gasteiger partial charge is 0.489 e. The second-order valence-electron chi connectivity index (χ2n) is 6.23. The van der Waals surface area contributed by atoms with Crippen LogP contribution < -0.4 is 14.8 Å². The number of benzene rings is 3. The van der Waals surface area contributed by atoms with Crippen LogP contribution in [0.4, 0.5) is 5.69 Å². The van der Waals surface area contributed by atoms with Crippen LogP contribution in [0.2, 0.25) is 0 Å². The fourth-order valence-corrected chi connectivity index (χ4v) is 2.50. The van der Waals surface area contributed by atoms with Gasteiger partial charge >= 0.3 is 0 Å². The van der Waals surface area contributed by atoms with Gasteiger partial charge in [-0.25, -0.2) is 0 Å². The van der Waals surface area contributed by atoms with Crippen LogP contribution in [0, 0.1) is 0 Å². The summed E-state index contributed by atoms with van der Waals surface area (Å²) in [6, 6.07) is 23.7. The minimum Gasteiger partial charge on any atom is -0.489 e. The van der Waals surface area contributed by atoms with Gasteiger partial charge in [-0.1, -0.05) is 30.3 Å². The van der Waals surface area contributed by atoms with Crippen LogP contribution in [0.3, 0.4) is 0 Å². The summed E-state index contributed by atoms with van der Waals surface area (Å²) in [6.07, 6.45) is 0.0729. The van der Waals surface area contributed by atoms with Crippen LogP contribution in [0.1, 0.15) is 22.8 Å². The van der Waals surface area contributed by atoms with E-state index in [0.29, 0.717) is 23.6 Å². The Bertz CT molecular complexity index is 906. The third kappa shape index (κ3) is 5.45. The SMILES string of the molecule is CC(Oc1ccc(C=O)cc1)C(=O)Nc1ccc(OCc2ccccc2)cc1. The smallest absolute Gasteiger partial charge is 0.265 e. The lowest BCUT2D eigenvalue weighted by Gasteiger charge is -2.15. The standard InChI is InChI=1S/C23H21NO4/c1-17(28-22-11-7-18(15-25)8-12-22)23(26)24-20-9-13-21(14-10-20)27-16-19-5-3-2-4-6-19/h2-15,17H,16H2,1H3,(H,24,26). The van der Waals surface area contributed by atoms with Gasteiger partial charge in [-0.05, 0) is 61.0 Å². The van der Waals surface area contributed by atoms with Gasteiger partial charge in [-0.2, -0.15) is 0 Å². The molecule has 1 amide bonds. The first-order valence-electron chi connectivity index (χ1n) is 8.93. The Morgan fingerprint density at radius 2 is 1.57 bits per heavy atom. The Hall–Kier alpha value is -3.60. The number of hydrogen-bond donors (Lipinski definition) is 1. The van der Waals surface area contributed by atoms with Gasteiger partial charge in [0.2, 0.25) is 0 Å². The zero-order valence-corrected chi connectivity index (χ0v) is 15.5. The van der Waals surface area contributed by atoms with E-state index in [9.17, 15) is 9.59 Å². The van der Waals surface area contributed by atoms with Crippen LogP contribution in [0.15, 0.2) is 78.9 Å². The average Bonchev–Trinajstić information content (AvgIpc) is 2.74. The molecule has 0 spiro atoms. The molecule has 0 aromatic heterocycles. The van der Waals surface area contributed by atoms with Crippen LogP contribution in [-0.4, -0.2) is 18.3 Å². The van der Waals surface area contributed by atoms with E-state index in [1.54, 1.807) is 43.3 Å². The second kappa shape index (κ2) is 9.37. The summed E-state index contributed by atoms with van der Waals surface area (Å²) in [4.78, 5) is 23.0. The highest BCUT2D eigenvalue weighted by Crippen LogP contribution is 2.18. The zero-order chi connectivity index (χ0) is 19.8. The fraction of sp³-hybridized carbons (Fsp3) is 0.130. The maximum Gasteiger partial charge on any atom is 0.265 e. The van der Waals surface area contributed by atoms with E-state index in [2.05, 4.69) is 5.32 Å². The van der Waals surface area contributed by atoms with Crippen molar-refractivity contribution in [1.29, 1.82) is 0 Å². The third-order valence-corrected chi connectivity index (χ3v) is 4.07. The topological polar surface area (TPSA) is 64.6 Å². The molecule has 1 unspecified atom stereocenters. The molecule has 0 aliphatic rings. The molecule has 3 aromatic carbocycles. The molecule has 5 nitrogen and oxygen atoms in total. The summed E-state index contributed by atoms with van der Waals surface area (Å²) in [5.74, 6) is 0.983. The molecule has 0 radical (unpaired) electrons. The maximum atomic E-state index is 12.3. The lowest BCUT2D eigenvalue weighted by molar-refractivity contribution is -0.122. The predicted octanol–water partition coefficient (Wildman–Crippen LogP) is 4.48. The highest BCUT2D eigenvalue weighted by atomic mass is 16.5. The van der Waals surface area contributed by atoms with Crippen molar-refractivity contribution >= 4 is 17.9 Å². The molecule has 0 saturated heterocycles. The van der Waals surface area contributed by atoms with Crippen LogP contribution in [0.25, 0.3) is 0 Å². The van der Waals surface area contributed by atoms with E-state index in [1.807, 2.05) is 42.5 Å². The van der Waals surface area contributed by atoms with Crippen molar-refractivity contribution in [2.45, 2.75) is 19.6 Å². The number of hydrogen-bond acceptors (Lipinski definition) is 4. The van der Waals surface area contributed by atoms with Crippen LogP contribution in [-0.2, 0) is 11.4 Å². The first-order chi connectivity index (χ1) is 13.6. The average molecular weight is 375 g/mol. The van der Waals surface area contributed by atoms with Crippen molar-refractivity contribution < 1.29 is 19.1 Å². The summed E-state index contributed by atoms with van der Waals surface area (Å²) in [5.41, 5.74) is 2.30. The Kier molecular flexibility index (Phi) is 6.41. The van der Waals surface area contributed by atoms with Crippen LogP contribution in [0.5, 0.6) is 11.5 Å². The lowest BCUT2D eigenvalue weighted by atomic mass is 10.2. The Balaban J connectivity index is 1.50. The van der Waals surface area contributed by atoms with Crippen molar-refractivity contribution in [2.75, 3.05) is 5.32 Å². The number of rotatable bonds is 8. The molecule has 3 rings (SSSR count). The summed E-state index contributed by atoms with van der Waals surface area (Å²) in [6.45, 7) is 2.15. The highest BCUT2D eigenvalue weighted by molar-refractivity contribution is 5.94.